The number of nitrogens with zero attached hydrogens (tertiary/aromatic N) is 5. The van der Waals surface area contributed by atoms with Gasteiger partial charge in [0.15, 0.2) is 11.6 Å². The van der Waals surface area contributed by atoms with E-state index in [4.69, 9.17) is 23.9 Å². The molecule has 0 spiro atoms. The van der Waals surface area contributed by atoms with Crippen LogP contribution in [0.25, 0.3) is 11.4 Å². The largest absolute Gasteiger partial charge is 0.494 e. The number of unbranched alkanes of at least 4 members (excludes halogenated alkanes) is 3. The van der Waals surface area contributed by atoms with E-state index < -0.39 is 17.5 Å². The van der Waals surface area contributed by atoms with Gasteiger partial charge in [-0.05, 0) is 119 Å². The van der Waals surface area contributed by atoms with Crippen molar-refractivity contribution >= 4 is 40.9 Å². The number of carbonyl (C=O) groups excluding carboxylic acids is 5. The number of rotatable bonds is 27. The molecular formula is C55H68N10O9. The summed E-state index contributed by atoms with van der Waals surface area (Å²) in [5, 5.41) is 19.9. The van der Waals surface area contributed by atoms with Gasteiger partial charge in [-0.2, -0.15) is 5.10 Å². The van der Waals surface area contributed by atoms with Crippen LogP contribution in [-0.4, -0.2) is 132 Å². The number of aromatic amines is 1. The molecule has 5 N–H and O–H groups in total. The molecule has 0 radical (unpaired) electrons. The molecule has 74 heavy (non-hydrogen) atoms. The van der Waals surface area contributed by atoms with Crippen LogP contribution < -0.4 is 26.0 Å². The number of ether oxygens (including phenoxy) is 4. The highest BCUT2D eigenvalue weighted by molar-refractivity contribution is 6.06. The van der Waals surface area contributed by atoms with Crippen molar-refractivity contribution in [2.45, 2.75) is 95.3 Å². The third kappa shape index (κ3) is 14.4. The van der Waals surface area contributed by atoms with Gasteiger partial charge in [0.25, 0.3) is 11.8 Å². The third-order valence-electron chi connectivity index (χ3n) is 13.7. The molecule has 3 aliphatic rings. The first-order chi connectivity index (χ1) is 36.0. The molecule has 5 heterocycles. The van der Waals surface area contributed by atoms with Gasteiger partial charge in [0.05, 0.1) is 44.6 Å². The zero-order valence-electron chi connectivity index (χ0n) is 42.4. The summed E-state index contributed by atoms with van der Waals surface area (Å²) in [5.41, 5.74) is 4.41. The van der Waals surface area contributed by atoms with Crippen molar-refractivity contribution < 1.29 is 42.9 Å². The molecule has 19 heteroatoms. The normalized spacial score (nSPS) is 16.9. The number of nitrogens with one attached hydrogen (secondary N) is 5. The maximum absolute atomic E-state index is 13.6. The minimum absolute atomic E-state index is 0.167. The fourth-order valence-corrected chi connectivity index (χ4v) is 9.42. The number of aromatic nitrogens is 4. The lowest BCUT2D eigenvalue weighted by molar-refractivity contribution is -0.137. The van der Waals surface area contributed by atoms with E-state index in [2.05, 4.69) is 48.4 Å². The zero-order chi connectivity index (χ0) is 51.7. The van der Waals surface area contributed by atoms with Gasteiger partial charge in [-0.3, -0.25) is 39.4 Å². The Kier molecular flexibility index (Phi) is 18.9. The van der Waals surface area contributed by atoms with Crippen molar-refractivity contribution in [3.63, 3.8) is 0 Å². The van der Waals surface area contributed by atoms with Crippen LogP contribution in [0.3, 0.4) is 0 Å². The SMILES string of the molecule is CC(NC(=O)c1cccc(NC2(c3nc(-c4ccncc4)n[nH]3)CCN(C)CC2)c1)c1cccc(OCCCCCCOCCOCCOCCCC(=O)Nc2cccc3c2CN(C2CCC(=O)NC2=O)C3=O)c1. The average molecular weight is 1010 g/mol. The maximum Gasteiger partial charge on any atom is 0.255 e. The second-order valence-electron chi connectivity index (χ2n) is 19.1. The van der Waals surface area contributed by atoms with Gasteiger partial charge in [0.2, 0.25) is 17.7 Å². The molecule has 5 aromatic rings. The van der Waals surface area contributed by atoms with Crippen LogP contribution in [0.5, 0.6) is 5.75 Å². The molecule has 0 saturated carbocycles. The van der Waals surface area contributed by atoms with Crippen molar-refractivity contribution in [1.82, 2.24) is 40.6 Å². The fraction of sp³-hybridized carbons (Fsp3) is 0.455. The Bertz CT molecular complexity index is 2690. The van der Waals surface area contributed by atoms with Crippen molar-refractivity contribution in [2.75, 3.05) is 77.0 Å². The average Bonchev–Trinajstić information content (AvgIpc) is 4.05. The van der Waals surface area contributed by atoms with Gasteiger partial charge in [0, 0.05) is 91.7 Å². The summed E-state index contributed by atoms with van der Waals surface area (Å²) in [7, 11) is 2.12. The summed E-state index contributed by atoms with van der Waals surface area (Å²) >= 11 is 0. The van der Waals surface area contributed by atoms with Gasteiger partial charge in [-0.25, -0.2) is 4.98 Å². The molecule has 2 fully saturated rings. The number of imide groups is 1. The predicted octanol–water partition coefficient (Wildman–Crippen LogP) is 6.56. The molecule has 3 aromatic carbocycles. The lowest BCUT2D eigenvalue weighted by Gasteiger charge is -2.40. The van der Waals surface area contributed by atoms with E-state index in [1.165, 1.54) is 4.90 Å². The molecular weight excluding hydrogens is 945 g/mol. The van der Waals surface area contributed by atoms with Crippen LogP contribution in [-0.2, 0) is 40.7 Å². The van der Waals surface area contributed by atoms with E-state index in [1.807, 2.05) is 67.6 Å². The monoisotopic (exact) mass is 1010 g/mol. The maximum atomic E-state index is 13.6. The summed E-state index contributed by atoms with van der Waals surface area (Å²) in [4.78, 5) is 76.2. The Morgan fingerprint density at radius 1 is 0.824 bits per heavy atom. The summed E-state index contributed by atoms with van der Waals surface area (Å²) < 4.78 is 23.1. The first-order valence-corrected chi connectivity index (χ1v) is 25.8. The molecule has 0 aliphatic carbocycles. The van der Waals surface area contributed by atoms with E-state index in [0.29, 0.717) is 80.9 Å². The molecule has 2 atom stereocenters. The van der Waals surface area contributed by atoms with Crippen molar-refractivity contribution in [2.24, 2.45) is 0 Å². The minimum Gasteiger partial charge on any atom is -0.494 e. The first kappa shape index (κ1) is 53.2. The molecule has 19 nitrogen and oxygen atoms in total. The smallest absolute Gasteiger partial charge is 0.255 e. The molecule has 2 saturated heterocycles. The number of hydrogen-bond donors (Lipinski definition) is 5. The highest BCUT2D eigenvalue weighted by atomic mass is 16.5. The number of carbonyl (C=O) groups is 5. The van der Waals surface area contributed by atoms with Gasteiger partial charge < -0.3 is 44.7 Å². The van der Waals surface area contributed by atoms with Gasteiger partial charge in [-0.1, -0.05) is 30.7 Å². The first-order valence-electron chi connectivity index (χ1n) is 25.8. The number of fused-ring (bicyclic) bond motifs is 1. The van der Waals surface area contributed by atoms with Gasteiger partial charge >= 0.3 is 0 Å². The Morgan fingerprint density at radius 3 is 2.31 bits per heavy atom. The van der Waals surface area contributed by atoms with E-state index in [-0.39, 0.29) is 55.5 Å². The quantitative estimate of drug-likeness (QED) is 0.0277. The van der Waals surface area contributed by atoms with E-state index in [1.54, 1.807) is 30.6 Å². The van der Waals surface area contributed by atoms with E-state index in [9.17, 15) is 24.0 Å². The lowest BCUT2D eigenvalue weighted by Crippen LogP contribution is -2.52. The standard InChI is InChI=1S/C55H68N10O9/c1-38(57-51(68)41-12-7-13-42(35-41)61-55(22-26-64(2)27-23-55)54-60-50(62-63-54)39-20-24-56-25-21-39)40-11-8-14-43(36-40)74-30-6-4-3-5-28-71-31-33-73-34-32-72-29-10-17-48(66)58-46-16-9-15-44-45(46)37-65(53(44)70)47-18-19-49(67)59-52(47)69/h7-9,11-16,20-21,24-25,35-36,38,47,61H,3-6,10,17-19,22-23,26-34,37H2,1-2H3,(H,57,68)(H,58,66)(H,59,67,69)(H,60,62,63). The summed E-state index contributed by atoms with van der Waals surface area (Å²) in [5.74, 6) is 0.696. The van der Waals surface area contributed by atoms with Crippen molar-refractivity contribution in [1.29, 1.82) is 0 Å². The summed E-state index contributed by atoms with van der Waals surface area (Å²) in [6.45, 7) is 7.38. The zero-order valence-corrected chi connectivity index (χ0v) is 42.4. The Balaban J connectivity index is 0.645. The van der Waals surface area contributed by atoms with Gasteiger partial charge in [0.1, 0.15) is 11.8 Å². The third-order valence-corrected chi connectivity index (χ3v) is 13.7. The summed E-state index contributed by atoms with van der Waals surface area (Å²) in [6, 6.07) is 23.4. The van der Waals surface area contributed by atoms with Crippen LogP contribution in [0, 0.1) is 0 Å². The number of piperidine rings is 2. The van der Waals surface area contributed by atoms with Gasteiger partial charge in [-0.15, -0.1) is 0 Å². The molecule has 2 unspecified atom stereocenters. The Labute approximate surface area is 431 Å². The predicted molar refractivity (Wildman–Crippen MR) is 277 cm³/mol. The van der Waals surface area contributed by atoms with Crippen LogP contribution in [0.2, 0.25) is 0 Å². The molecule has 2 aromatic heterocycles. The van der Waals surface area contributed by atoms with Crippen molar-refractivity contribution in [3.8, 4) is 17.1 Å². The van der Waals surface area contributed by atoms with Crippen molar-refractivity contribution in [3.05, 3.63) is 119 Å². The number of amides is 5. The number of likely N-dealkylation sites (tertiary alicyclic amines) is 1. The van der Waals surface area contributed by atoms with Crippen LogP contribution >= 0.6 is 0 Å². The molecule has 3 aliphatic heterocycles. The van der Waals surface area contributed by atoms with E-state index in [0.717, 1.165) is 80.0 Å². The second-order valence-corrected chi connectivity index (χ2v) is 19.1. The minimum atomic E-state index is -0.717. The number of hydrogen-bond acceptors (Lipinski definition) is 14. The molecule has 8 rings (SSSR count). The van der Waals surface area contributed by atoms with E-state index >= 15 is 0 Å². The number of benzene rings is 3. The lowest BCUT2D eigenvalue weighted by atomic mass is 9.86. The highest BCUT2D eigenvalue weighted by Gasteiger charge is 2.41. The summed E-state index contributed by atoms with van der Waals surface area (Å²) in [6.07, 6.45) is 10.2. The molecule has 392 valence electrons. The topological polar surface area (TPSA) is 231 Å². The highest BCUT2D eigenvalue weighted by Crippen LogP contribution is 2.36. The van der Waals surface area contributed by atoms with Crippen LogP contribution in [0.15, 0.2) is 91.3 Å². The van der Waals surface area contributed by atoms with Crippen LogP contribution in [0.1, 0.15) is 115 Å². The molecule has 5 amide bonds. The molecule has 0 bridgehead atoms. The fourth-order valence-electron chi connectivity index (χ4n) is 9.42. The number of pyridine rings is 1. The number of H-pyrrole nitrogens is 1. The Morgan fingerprint density at radius 2 is 1.54 bits per heavy atom. The second kappa shape index (κ2) is 26.2. The van der Waals surface area contributed by atoms with Crippen LogP contribution in [0.4, 0.5) is 11.4 Å². The Hall–Kier alpha value is -7.06. The number of anilines is 2.